The summed E-state index contributed by atoms with van der Waals surface area (Å²) < 4.78 is 24.0. The zero-order valence-corrected chi connectivity index (χ0v) is 20.3. The summed E-state index contributed by atoms with van der Waals surface area (Å²) in [5.41, 5.74) is 4.16. The van der Waals surface area contributed by atoms with Gasteiger partial charge in [0.2, 0.25) is 6.23 Å². The number of hydrogen-bond acceptors (Lipinski definition) is 6. The molecule has 0 saturated carbocycles. The van der Waals surface area contributed by atoms with E-state index in [2.05, 4.69) is 39.1 Å². The molecule has 0 aliphatic carbocycles. The van der Waals surface area contributed by atoms with Gasteiger partial charge >= 0.3 is 0 Å². The average molecular weight is 509 g/mol. The number of methoxy groups -OCH3 is 2. The second-order valence-corrected chi connectivity index (χ2v) is 8.79. The molecule has 0 spiro atoms. The van der Waals surface area contributed by atoms with Crippen molar-refractivity contribution in [2.75, 3.05) is 20.8 Å². The molecule has 6 nitrogen and oxygen atoms in total. The van der Waals surface area contributed by atoms with Gasteiger partial charge < -0.3 is 18.9 Å². The molecular weight excluding hydrogens is 484 g/mol. The average Bonchev–Trinajstić information content (AvgIpc) is 3.30. The number of benzene rings is 3. The molecule has 2 heterocycles. The Kier molecular flexibility index (Phi) is 5.89. The zero-order chi connectivity index (χ0) is 22.9. The van der Waals surface area contributed by atoms with E-state index in [4.69, 9.17) is 24.0 Å². The van der Waals surface area contributed by atoms with Gasteiger partial charge in [-0.1, -0.05) is 15.9 Å². The third-order valence-electron chi connectivity index (χ3n) is 5.94. The fourth-order valence-electron chi connectivity index (χ4n) is 4.37. The Morgan fingerprint density at radius 2 is 1.79 bits per heavy atom. The van der Waals surface area contributed by atoms with Crippen LogP contribution >= 0.6 is 15.9 Å². The zero-order valence-electron chi connectivity index (χ0n) is 18.7. The highest BCUT2D eigenvalue weighted by Crippen LogP contribution is 2.49. The molecule has 0 N–H and O–H groups in total. The van der Waals surface area contributed by atoms with E-state index in [1.54, 1.807) is 14.2 Å². The Balaban J connectivity index is 1.55. The molecule has 0 radical (unpaired) electrons. The summed E-state index contributed by atoms with van der Waals surface area (Å²) in [5, 5.41) is 7.09. The van der Waals surface area contributed by atoms with Crippen LogP contribution in [0.5, 0.6) is 23.0 Å². The Bertz CT molecular complexity index is 1200. The Hall–Kier alpha value is -3.19. The van der Waals surface area contributed by atoms with Gasteiger partial charge in [0.1, 0.15) is 11.5 Å². The third kappa shape index (κ3) is 4.02. The lowest BCUT2D eigenvalue weighted by atomic mass is 9.96. The highest BCUT2D eigenvalue weighted by atomic mass is 79.9. The Morgan fingerprint density at radius 1 is 1.00 bits per heavy atom. The van der Waals surface area contributed by atoms with Crippen molar-refractivity contribution < 1.29 is 18.9 Å². The fourth-order valence-corrected chi connectivity index (χ4v) is 4.75. The van der Waals surface area contributed by atoms with Gasteiger partial charge in [0.25, 0.3) is 0 Å². The lowest BCUT2D eigenvalue weighted by molar-refractivity contribution is -0.0192. The maximum Gasteiger partial charge on any atom is 0.214 e. The van der Waals surface area contributed by atoms with Gasteiger partial charge in [0.05, 0.1) is 32.6 Å². The van der Waals surface area contributed by atoms with Crippen molar-refractivity contribution in [2.45, 2.75) is 25.6 Å². The molecule has 2 aliphatic heterocycles. The highest BCUT2D eigenvalue weighted by molar-refractivity contribution is 9.10. The molecule has 0 unspecified atom stereocenters. The number of nitrogens with zero attached hydrogens (tertiary/aromatic N) is 2. The Morgan fingerprint density at radius 3 is 2.52 bits per heavy atom. The number of ether oxygens (including phenoxy) is 4. The van der Waals surface area contributed by atoms with Crippen molar-refractivity contribution in [2.24, 2.45) is 5.10 Å². The molecule has 33 heavy (non-hydrogen) atoms. The van der Waals surface area contributed by atoms with Crippen LogP contribution in [0.4, 0.5) is 0 Å². The highest BCUT2D eigenvalue weighted by Gasteiger charge is 2.41. The second-order valence-electron chi connectivity index (χ2n) is 7.87. The van der Waals surface area contributed by atoms with E-state index in [0.717, 1.165) is 44.8 Å². The molecule has 3 aromatic carbocycles. The maximum absolute atomic E-state index is 6.48. The van der Waals surface area contributed by atoms with E-state index in [0.29, 0.717) is 18.1 Å². The van der Waals surface area contributed by atoms with Crippen molar-refractivity contribution in [1.29, 1.82) is 0 Å². The van der Waals surface area contributed by atoms with E-state index in [9.17, 15) is 0 Å². The molecule has 7 heteroatoms. The summed E-state index contributed by atoms with van der Waals surface area (Å²) in [7, 11) is 3.27. The van der Waals surface area contributed by atoms with Gasteiger partial charge in [-0.15, -0.1) is 0 Å². The first-order valence-electron chi connectivity index (χ1n) is 10.9. The largest absolute Gasteiger partial charge is 0.494 e. The minimum Gasteiger partial charge on any atom is -0.494 e. The minimum absolute atomic E-state index is 0.0610. The molecule has 0 amide bonds. The van der Waals surface area contributed by atoms with Crippen LogP contribution in [0.15, 0.2) is 70.2 Å². The van der Waals surface area contributed by atoms with Crippen LogP contribution in [0, 0.1) is 0 Å². The summed E-state index contributed by atoms with van der Waals surface area (Å²) in [5.74, 6) is 3.06. The van der Waals surface area contributed by atoms with E-state index in [1.807, 2.05) is 49.4 Å². The molecular formula is C26H25BrN2O4. The van der Waals surface area contributed by atoms with Gasteiger partial charge in [0, 0.05) is 22.0 Å². The van der Waals surface area contributed by atoms with E-state index in [-0.39, 0.29) is 12.3 Å². The standard InChI is InChI=1S/C26H25BrN2O4/c1-4-32-19-9-5-16(6-10-19)21-15-22-20-14-18(27)8-12-23(20)33-26(29(22)28-21)17-7-11-24(30-2)25(13-17)31-3/h5-14,22,26H,4,15H2,1-3H3/t22-,26-/m1/s1. The predicted molar refractivity (Wildman–Crippen MR) is 130 cm³/mol. The lowest BCUT2D eigenvalue weighted by Gasteiger charge is -2.38. The first kappa shape index (κ1) is 21.6. The number of rotatable bonds is 6. The summed E-state index contributed by atoms with van der Waals surface area (Å²) in [6, 6.07) is 20.2. The van der Waals surface area contributed by atoms with Crippen molar-refractivity contribution in [3.8, 4) is 23.0 Å². The summed E-state index contributed by atoms with van der Waals surface area (Å²) in [6.07, 6.45) is 0.397. The van der Waals surface area contributed by atoms with E-state index in [1.165, 1.54) is 0 Å². The SMILES string of the molecule is CCOc1ccc(C2=NN3[C@H](C2)c2cc(Br)ccc2O[C@@H]3c2ccc(OC)c(OC)c2)cc1. The van der Waals surface area contributed by atoms with Gasteiger partial charge in [-0.3, -0.25) is 0 Å². The first-order chi connectivity index (χ1) is 16.1. The van der Waals surface area contributed by atoms with Crippen LogP contribution < -0.4 is 18.9 Å². The van der Waals surface area contributed by atoms with Crippen LogP contribution in [-0.4, -0.2) is 31.5 Å². The molecule has 0 bridgehead atoms. The van der Waals surface area contributed by atoms with Crippen LogP contribution in [0.2, 0.25) is 0 Å². The van der Waals surface area contributed by atoms with Gasteiger partial charge in [-0.25, -0.2) is 5.01 Å². The summed E-state index contributed by atoms with van der Waals surface area (Å²) in [6.45, 7) is 2.63. The molecule has 0 fully saturated rings. The van der Waals surface area contributed by atoms with Crippen LogP contribution in [0.25, 0.3) is 0 Å². The third-order valence-corrected chi connectivity index (χ3v) is 6.44. The van der Waals surface area contributed by atoms with Crippen LogP contribution in [-0.2, 0) is 0 Å². The number of fused-ring (bicyclic) bond motifs is 3. The summed E-state index contributed by atoms with van der Waals surface area (Å²) in [4.78, 5) is 0. The monoisotopic (exact) mass is 508 g/mol. The topological polar surface area (TPSA) is 52.5 Å². The lowest BCUT2D eigenvalue weighted by Crippen LogP contribution is -2.33. The van der Waals surface area contributed by atoms with E-state index < -0.39 is 0 Å². The molecule has 2 atom stereocenters. The maximum atomic E-state index is 6.48. The van der Waals surface area contributed by atoms with Crippen LogP contribution in [0.1, 0.15) is 42.3 Å². The second kappa shape index (κ2) is 8.98. The van der Waals surface area contributed by atoms with Gasteiger partial charge in [0.15, 0.2) is 11.5 Å². The molecule has 0 aromatic heterocycles. The summed E-state index contributed by atoms with van der Waals surface area (Å²) >= 11 is 3.61. The smallest absolute Gasteiger partial charge is 0.214 e. The van der Waals surface area contributed by atoms with Gasteiger partial charge in [-0.2, -0.15) is 5.10 Å². The molecule has 2 aliphatic rings. The minimum atomic E-state index is -0.385. The predicted octanol–water partition coefficient (Wildman–Crippen LogP) is 6.11. The first-order valence-corrected chi connectivity index (χ1v) is 11.7. The molecule has 170 valence electrons. The molecule has 5 rings (SSSR count). The van der Waals surface area contributed by atoms with Crippen LogP contribution in [0.3, 0.4) is 0 Å². The number of halogens is 1. The van der Waals surface area contributed by atoms with Crippen molar-refractivity contribution in [1.82, 2.24) is 5.01 Å². The van der Waals surface area contributed by atoms with Gasteiger partial charge in [-0.05, 0) is 73.2 Å². The molecule has 3 aromatic rings. The van der Waals surface area contributed by atoms with E-state index >= 15 is 0 Å². The Labute approximate surface area is 201 Å². The number of hydrogen-bond donors (Lipinski definition) is 0. The quantitative estimate of drug-likeness (QED) is 0.402. The van der Waals surface area contributed by atoms with Crippen molar-refractivity contribution in [3.63, 3.8) is 0 Å². The normalized spacial score (nSPS) is 18.7. The fraction of sp³-hybridized carbons (Fsp3) is 0.269. The number of hydrazone groups is 1. The van der Waals surface area contributed by atoms with Crippen molar-refractivity contribution in [3.05, 3.63) is 81.8 Å². The van der Waals surface area contributed by atoms with Crippen molar-refractivity contribution >= 4 is 21.6 Å². The molecule has 0 saturated heterocycles.